The van der Waals surface area contributed by atoms with Crippen LogP contribution in [0, 0.1) is 29.6 Å². The second kappa shape index (κ2) is 7.74. The lowest BCUT2D eigenvalue weighted by Gasteiger charge is -2.12. The van der Waals surface area contributed by atoms with Gasteiger partial charge >= 0.3 is 0 Å². The first-order valence-electron chi connectivity index (χ1n) is 8.07. The number of aromatic nitrogens is 1. The maximum atomic E-state index is 9.83. The second-order valence-corrected chi connectivity index (χ2v) is 6.79. The van der Waals surface area contributed by atoms with Gasteiger partial charge in [0.2, 0.25) is 0 Å². The van der Waals surface area contributed by atoms with Gasteiger partial charge in [-0.2, -0.15) is 10.5 Å². The number of nitrogen functional groups attached to an aromatic ring is 1. The van der Waals surface area contributed by atoms with Crippen molar-refractivity contribution in [3.8, 4) is 23.3 Å². The standard InChI is InChI=1S/C21H16N4S/c1-14-7-5-6-10-16(14)19-17(11-22)20(24)25-21(18(19)12-23)26-13-15-8-3-2-4-9-15/h2-10H,13H2,1H3,(H2,24,25)/p+1. The van der Waals surface area contributed by atoms with Crippen molar-refractivity contribution in [2.75, 3.05) is 5.73 Å². The summed E-state index contributed by atoms with van der Waals surface area (Å²) in [5, 5.41) is 20.1. The number of anilines is 1. The zero-order valence-corrected chi connectivity index (χ0v) is 15.1. The Hall–Kier alpha value is -3.28. The van der Waals surface area contributed by atoms with Gasteiger partial charge in [-0.3, -0.25) is 5.73 Å². The fourth-order valence-electron chi connectivity index (χ4n) is 2.80. The summed E-state index contributed by atoms with van der Waals surface area (Å²) >= 11 is 1.51. The molecule has 0 saturated carbocycles. The number of hydrogen-bond acceptors (Lipinski definition) is 4. The number of nitrogens with one attached hydrogen (secondary N) is 1. The summed E-state index contributed by atoms with van der Waals surface area (Å²) in [6, 6.07) is 22.1. The topological polar surface area (TPSA) is 87.7 Å². The van der Waals surface area contributed by atoms with Crippen LogP contribution in [-0.2, 0) is 5.75 Å². The van der Waals surface area contributed by atoms with Crippen molar-refractivity contribution in [1.82, 2.24) is 0 Å². The van der Waals surface area contributed by atoms with Gasteiger partial charge in [-0.1, -0.05) is 66.4 Å². The van der Waals surface area contributed by atoms with Crippen molar-refractivity contribution in [1.29, 1.82) is 10.5 Å². The van der Waals surface area contributed by atoms with E-state index in [9.17, 15) is 10.5 Å². The number of benzene rings is 2. The van der Waals surface area contributed by atoms with Crippen LogP contribution in [0.15, 0.2) is 59.6 Å². The molecule has 3 N–H and O–H groups in total. The number of nitriles is 2. The molecule has 0 radical (unpaired) electrons. The first kappa shape index (κ1) is 17.5. The lowest BCUT2D eigenvalue weighted by Crippen LogP contribution is -2.18. The third-order valence-electron chi connectivity index (χ3n) is 4.11. The van der Waals surface area contributed by atoms with Crippen LogP contribution in [0.5, 0.6) is 0 Å². The Kier molecular flexibility index (Phi) is 5.22. The Morgan fingerprint density at radius 3 is 2.27 bits per heavy atom. The third-order valence-corrected chi connectivity index (χ3v) is 5.18. The van der Waals surface area contributed by atoms with Gasteiger partial charge in [0, 0.05) is 11.3 Å². The van der Waals surface area contributed by atoms with Gasteiger partial charge in [0.05, 0.1) is 0 Å². The zero-order chi connectivity index (χ0) is 18.5. The summed E-state index contributed by atoms with van der Waals surface area (Å²) < 4.78 is 0. The van der Waals surface area contributed by atoms with Crippen LogP contribution in [0.2, 0.25) is 0 Å². The molecule has 0 amide bonds. The predicted octanol–water partition coefficient (Wildman–Crippen LogP) is 4.09. The molecule has 0 aliphatic heterocycles. The van der Waals surface area contributed by atoms with E-state index in [0.717, 1.165) is 16.7 Å². The molecule has 3 rings (SSSR count). The summed E-state index contributed by atoms with van der Waals surface area (Å²) in [5.41, 5.74) is 10.5. The molecule has 0 saturated heterocycles. The number of hydrogen-bond donors (Lipinski definition) is 1. The van der Waals surface area contributed by atoms with E-state index in [2.05, 4.69) is 17.1 Å². The lowest BCUT2D eigenvalue weighted by atomic mass is 9.93. The molecule has 0 atom stereocenters. The Morgan fingerprint density at radius 2 is 1.62 bits per heavy atom. The minimum Gasteiger partial charge on any atom is -0.286 e. The van der Waals surface area contributed by atoms with Crippen LogP contribution in [0.4, 0.5) is 5.82 Å². The van der Waals surface area contributed by atoms with Crippen molar-refractivity contribution < 1.29 is 4.98 Å². The third kappa shape index (κ3) is 3.39. The predicted molar refractivity (Wildman–Crippen MR) is 103 cm³/mol. The highest BCUT2D eigenvalue weighted by molar-refractivity contribution is 7.98. The van der Waals surface area contributed by atoms with Crippen LogP contribution in [0.1, 0.15) is 22.3 Å². The molecule has 1 aromatic heterocycles. The summed E-state index contributed by atoms with van der Waals surface area (Å²) in [6.45, 7) is 1.96. The number of H-pyrrole nitrogens is 1. The molecule has 126 valence electrons. The van der Waals surface area contributed by atoms with Crippen LogP contribution in [0.25, 0.3) is 11.1 Å². The first-order chi connectivity index (χ1) is 12.7. The largest absolute Gasteiger partial charge is 0.289 e. The molecule has 5 heteroatoms. The molecular formula is C21H17N4S+. The Bertz CT molecular complexity index is 1030. The number of aryl methyl sites for hydroxylation is 1. The monoisotopic (exact) mass is 357 g/mol. The second-order valence-electron chi connectivity index (χ2n) is 5.81. The Morgan fingerprint density at radius 1 is 0.962 bits per heavy atom. The molecule has 1 heterocycles. The molecule has 0 aliphatic carbocycles. The SMILES string of the molecule is Cc1ccccc1-c1c(C#N)c(N)[nH+]c(SCc2ccccc2)c1C#N. The van der Waals surface area contributed by atoms with E-state index in [1.165, 1.54) is 11.8 Å². The number of aromatic amines is 1. The highest BCUT2D eigenvalue weighted by Crippen LogP contribution is 2.35. The van der Waals surface area contributed by atoms with E-state index < -0.39 is 0 Å². The van der Waals surface area contributed by atoms with Crippen molar-refractivity contribution in [2.24, 2.45) is 0 Å². The van der Waals surface area contributed by atoms with E-state index >= 15 is 0 Å². The summed E-state index contributed by atoms with van der Waals surface area (Å²) in [7, 11) is 0. The lowest BCUT2D eigenvalue weighted by molar-refractivity contribution is -0.410. The number of nitrogens with zero attached hydrogens (tertiary/aromatic N) is 2. The smallest absolute Gasteiger partial charge is 0.286 e. The van der Waals surface area contributed by atoms with Gasteiger partial charge in [0.25, 0.3) is 5.82 Å². The van der Waals surface area contributed by atoms with E-state index in [0.29, 0.717) is 27.5 Å². The summed E-state index contributed by atoms with van der Waals surface area (Å²) in [4.78, 5) is 3.04. The molecule has 2 aromatic carbocycles. The molecule has 0 unspecified atom stereocenters. The normalized spacial score (nSPS) is 10.1. The van der Waals surface area contributed by atoms with Gasteiger partial charge in [0.1, 0.15) is 23.3 Å². The Balaban J connectivity index is 2.14. The molecule has 26 heavy (non-hydrogen) atoms. The molecule has 0 bridgehead atoms. The maximum Gasteiger partial charge on any atom is 0.289 e. The minimum absolute atomic E-state index is 0.278. The average Bonchev–Trinajstić information content (AvgIpc) is 2.67. The van der Waals surface area contributed by atoms with Crippen molar-refractivity contribution in [2.45, 2.75) is 17.7 Å². The van der Waals surface area contributed by atoms with Gasteiger partial charge in [-0.15, -0.1) is 0 Å². The number of thioether (sulfide) groups is 1. The van der Waals surface area contributed by atoms with Crippen molar-refractivity contribution >= 4 is 17.6 Å². The highest BCUT2D eigenvalue weighted by Gasteiger charge is 2.24. The van der Waals surface area contributed by atoms with Crippen molar-refractivity contribution in [3.05, 3.63) is 76.9 Å². The minimum atomic E-state index is 0.278. The first-order valence-corrected chi connectivity index (χ1v) is 9.06. The maximum absolute atomic E-state index is 9.83. The number of nitrogens with two attached hydrogens (primary N) is 1. The van der Waals surface area contributed by atoms with Crippen molar-refractivity contribution in [3.63, 3.8) is 0 Å². The Labute approximate surface area is 156 Å². The molecule has 0 fully saturated rings. The zero-order valence-electron chi connectivity index (χ0n) is 14.3. The molecule has 0 spiro atoms. The van der Waals surface area contributed by atoms with E-state index in [-0.39, 0.29) is 5.82 Å². The quantitative estimate of drug-likeness (QED) is 0.712. The van der Waals surface area contributed by atoms with Crippen LogP contribution in [0.3, 0.4) is 0 Å². The highest BCUT2D eigenvalue weighted by atomic mass is 32.2. The number of rotatable bonds is 4. The summed E-state index contributed by atoms with van der Waals surface area (Å²) in [5.74, 6) is 0.977. The van der Waals surface area contributed by atoms with Crippen LogP contribution >= 0.6 is 11.8 Å². The van der Waals surface area contributed by atoms with Crippen LogP contribution < -0.4 is 10.7 Å². The summed E-state index contributed by atoms with van der Waals surface area (Å²) in [6.07, 6.45) is 0. The van der Waals surface area contributed by atoms with Gasteiger partial charge in [-0.05, 0) is 23.6 Å². The van der Waals surface area contributed by atoms with Crippen LogP contribution in [-0.4, -0.2) is 0 Å². The van der Waals surface area contributed by atoms with E-state index in [1.54, 1.807) is 0 Å². The van der Waals surface area contributed by atoms with E-state index in [4.69, 9.17) is 5.73 Å². The molecule has 3 aromatic rings. The van der Waals surface area contributed by atoms with Gasteiger partial charge < -0.3 is 0 Å². The molecule has 0 aliphatic rings. The van der Waals surface area contributed by atoms with E-state index in [1.807, 2.05) is 61.5 Å². The molecular weight excluding hydrogens is 340 g/mol. The number of pyridine rings is 1. The fourth-order valence-corrected chi connectivity index (χ4v) is 3.78. The van der Waals surface area contributed by atoms with Gasteiger partial charge in [0.15, 0.2) is 5.03 Å². The average molecular weight is 357 g/mol. The molecule has 4 nitrogen and oxygen atoms in total. The van der Waals surface area contributed by atoms with Gasteiger partial charge in [-0.25, -0.2) is 4.98 Å². The fraction of sp³-hybridized carbons (Fsp3) is 0.0952.